The van der Waals surface area contributed by atoms with Crippen LogP contribution in [0.2, 0.25) is 0 Å². The maximum Gasteiger partial charge on any atom is 0.0353 e. The first-order chi connectivity index (χ1) is 7.86. The van der Waals surface area contributed by atoms with Crippen molar-refractivity contribution in [2.75, 3.05) is 0 Å². The van der Waals surface area contributed by atoms with Gasteiger partial charge >= 0.3 is 0 Å². The Labute approximate surface area is 95.0 Å². The molecule has 0 aliphatic carbocycles. The molecule has 0 aromatic carbocycles. The van der Waals surface area contributed by atoms with Crippen LogP contribution in [-0.4, -0.2) is 9.97 Å². The van der Waals surface area contributed by atoms with Crippen LogP contribution in [0.5, 0.6) is 0 Å². The van der Waals surface area contributed by atoms with Crippen molar-refractivity contribution in [2.45, 2.75) is 0 Å². The molecular weight excluding hydrogens is 196 g/mol. The monoisotopic (exact) mass is 208 g/mol. The van der Waals surface area contributed by atoms with E-state index in [2.05, 4.69) is 23.1 Å². The third kappa shape index (κ3) is 1.77. The van der Waals surface area contributed by atoms with E-state index >= 15 is 0 Å². The van der Waals surface area contributed by atoms with Crippen LogP contribution in [0.1, 0.15) is 11.1 Å². The zero-order valence-corrected chi connectivity index (χ0v) is 8.93. The van der Waals surface area contributed by atoms with Gasteiger partial charge in [-0.3, -0.25) is 9.97 Å². The summed E-state index contributed by atoms with van der Waals surface area (Å²) in [4.78, 5) is 8.30. The van der Waals surface area contributed by atoms with E-state index in [1.54, 1.807) is 18.5 Å². The molecule has 0 fully saturated rings. The Balaban J connectivity index is 2.66. The standard InChI is InChI=1S/C14H12N2/c1-3-11-8-16-10-14(13(11)4-2)12-6-5-7-15-9-12/h3-10H,1-2H2. The molecule has 0 saturated heterocycles. The van der Waals surface area contributed by atoms with E-state index in [1.165, 1.54) is 0 Å². The van der Waals surface area contributed by atoms with Gasteiger partial charge < -0.3 is 0 Å². The van der Waals surface area contributed by atoms with Crippen LogP contribution in [0, 0.1) is 0 Å². The third-order valence-corrected chi connectivity index (χ3v) is 2.42. The highest BCUT2D eigenvalue weighted by Crippen LogP contribution is 2.25. The lowest BCUT2D eigenvalue weighted by Gasteiger charge is -2.07. The minimum atomic E-state index is 0.983. The minimum absolute atomic E-state index is 0.983. The summed E-state index contributed by atoms with van der Waals surface area (Å²) in [5.74, 6) is 0. The van der Waals surface area contributed by atoms with Crippen molar-refractivity contribution < 1.29 is 0 Å². The molecule has 0 unspecified atom stereocenters. The van der Waals surface area contributed by atoms with Gasteiger partial charge in [0.2, 0.25) is 0 Å². The highest BCUT2D eigenvalue weighted by atomic mass is 14.6. The van der Waals surface area contributed by atoms with Crippen molar-refractivity contribution in [1.29, 1.82) is 0 Å². The predicted molar refractivity (Wildman–Crippen MR) is 67.7 cm³/mol. The first kappa shape index (κ1) is 10.3. The van der Waals surface area contributed by atoms with Gasteiger partial charge in [-0.1, -0.05) is 31.4 Å². The van der Waals surface area contributed by atoms with E-state index < -0.39 is 0 Å². The van der Waals surface area contributed by atoms with Crippen molar-refractivity contribution >= 4 is 12.2 Å². The van der Waals surface area contributed by atoms with Gasteiger partial charge in [0.15, 0.2) is 0 Å². The summed E-state index contributed by atoms with van der Waals surface area (Å²) in [5.41, 5.74) is 4.09. The van der Waals surface area contributed by atoms with Gasteiger partial charge in [0.25, 0.3) is 0 Å². The second kappa shape index (κ2) is 4.53. The lowest BCUT2D eigenvalue weighted by molar-refractivity contribution is 1.28. The van der Waals surface area contributed by atoms with E-state index in [9.17, 15) is 0 Å². The zero-order chi connectivity index (χ0) is 11.4. The summed E-state index contributed by atoms with van der Waals surface area (Å²) in [6.45, 7) is 7.60. The summed E-state index contributed by atoms with van der Waals surface area (Å²) in [5, 5.41) is 0. The first-order valence-corrected chi connectivity index (χ1v) is 5.00. The van der Waals surface area contributed by atoms with Gasteiger partial charge in [-0.05, 0) is 11.6 Å². The minimum Gasteiger partial charge on any atom is -0.264 e. The van der Waals surface area contributed by atoms with E-state index in [0.717, 1.165) is 22.3 Å². The molecule has 0 atom stereocenters. The Morgan fingerprint density at radius 3 is 2.50 bits per heavy atom. The van der Waals surface area contributed by atoms with Crippen molar-refractivity contribution in [3.05, 3.63) is 61.2 Å². The Bertz CT molecular complexity index is 516. The molecule has 2 aromatic rings. The van der Waals surface area contributed by atoms with Gasteiger partial charge in [0.05, 0.1) is 0 Å². The Morgan fingerprint density at radius 1 is 1.00 bits per heavy atom. The molecule has 0 amide bonds. The Morgan fingerprint density at radius 2 is 1.88 bits per heavy atom. The molecule has 2 rings (SSSR count). The van der Waals surface area contributed by atoms with E-state index in [4.69, 9.17) is 0 Å². The summed E-state index contributed by atoms with van der Waals surface area (Å²) in [6.07, 6.45) is 10.8. The van der Waals surface area contributed by atoms with Gasteiger partial charge in [0.1, 0.15) is 0 Å². The van der Waals surface area contributed by atoms with E-state index in [1.807, 2.05) is 30.6 Å². The van der Waals surface area contributed by atoms with Crippen LogP contribution in [0.25, 0.3) is 23.3 Å². The Hall–Kier alpha value is -2.22. The molecular formula is C14H12N2. The molecule has 2 aromatic heterocycles. The van der Waals surface area contributed by atoms with E-state index in [-0.39, 0.29) is 0 Å². The van der Waals surface area contributed by atoms with Gasteiger partial charge in [-0.2, -0.15) is 0 Å². The van der Waals surface area contributed by atoms with Crippen molar-refractivity contribution in [3.8, 4) is 11.1 Å². The summed E-state index contributed by atoms with van der Waals surface area (Å²) in [6, 6.07) is 3.91. The smallest absolute Gasteiger partial charge is 0.0353 e. The Kier molecular flexibility index (Phi) is 2.92. The average Bonchev–Trinajstić information content (AvgIpc) is 2.38. The molecule has 0 radical (unpaired) electrons. The molecule has 2 heterocycles. The summed E-state index contributed by atoms with van der Waals surface area (Å²) >= 11 is 0. The largest absolute Gasteiger partial charge is 0.264 e. The van der Waals surface area contributed by atoms with E-state index in [0.29, 0.717) is 0 Å². The molecule has 0 saturated carbocycles. The number of hydrogen-bond donors (Lipinski definition) is 0. The SMILES string of the molecule is C=Cc1cncc(-c2cccnc2)c1C=C. The zero-order valence-electron chi connectivity index (χ0n) is 8.93. The molecule has 16 heavy (non-hydrogen) atoms. The van der Waals surface area contributed by atoms with Crippen molar-refractivity contribution in [1.82, 2.24) is 9.97 Å². The molecule has 0 spiro atoms. The lowest BCUT2D eigenvalue weighted by Crippen LogP contribution is -1.89. The average molecular weight is 208 g/mol. The van der Waals surface area contributed by atoms with Crippen molar-refractivity contribution in [3.63, 3.8) is 0 Å². The third-order valence-electron chi connectivity index (χ3n) is 2.42. The lowest BCUT2D eigenvalue weighted by atomic mass is 9.99. The van der Waals surface area contributed by atoms with Crippen LogP contribution in [-0.2, 0) is 0 Å². The fourth-order valence-electron chi connectivity index (χ4n) is 1.63. The van der Waals surface area contributed by atoms with Crippen molar-refractivity contribution in [2.24, 2.45) is 0 Å². The van der Waals surface area contributed by atoms with Crippen LogP contribution >= 0.6 is 0 Å². The number of nitrogens with zero attached hydrogens (tertiary/aromatic N) is 2. The number of pyridine rings is 2. The molecule has 0 bridgehead atoms. The van der Waals surface area contributed by atoms with Gasteiger partial charge in [-0.25, -0.2) is 0 Å². The topological polar surface area (TPSA) is 25.8 Å². The molecule has 78 valence electrons. The molecule has 0 N–H and O–H groups in total. The second-order valence-corrected chi connectivity index (χ2v) is 3.34. The number of aromatic nitrogens is 2. The number of rotatable bonds is 3. The summed E-state index contributed by atoms with van der Waals surface area (Å²) < 4.78 is 0. The predicted octanol–water partition coefficient (Wildman–Crippen LogP) is 3.43. The summed E-state index contributed by atoms with van der Waals surface area (Å²) in [7, 11) is 0. The highest BCUT2D eigenvalue weighted by molar-refractivity contribution is 5.78. The number of hydrogen-bond acceptors (Lipinski definition) is 2. The van der Waals surface area contributed by atoms with Crippen LogP contribution in [0.15, 0.2) is 50.1 Å². The molecule has 0 aliphatic rings. The fraction of sp³-hybridized carbons (Fsp3) is 0. The van der Waals surface area contributed by atoms with Gasteiger partial charge in [0, 0.05) is 41.5 Å². The fourth-order valence-corrected chi connectivity index (χ4v) is 1.63. The maximum atomic E-state index is 4.19. The van der Waals surface area contributed by atoms with Crippen LogP contribution in [0.4, 0.5) is 0 Å². The van der Waals surface area contributed by atoms with Crippen LogP contribution < -0.4 is 0 Å². The maximum absolute atomic E-state index is 4.19. The first-order valence-electron chi connectivity index (χ1n) is 5.00. The molecule has 0 aliphatic heterocycles. The van der Waals surface area contributed by atoms with Crippen LogP contribution in [0.3, 0.4) is 0 Å². The normalized spacial score (nSPS) is 9.75. The van der Waals surface area contributed by atoms with Gasteiger partial charge in [-0.15, -0.1) is 0 Å². The highest BCUT2D eigenvalue weighted by Gasteiger charge is 2.05. The second-order valence-electron chi connectivity index (χ2n) is 3.34. The molecule has 2 nitrogen and oxygen atoms in total. The quantitative estimate of drug-likeness (QED) is 0.772. The molecule has 2 heteroatoms.